The van der Waals surface area contributed by atoms with Crippen molar-refractivity contribution in [1.29, 1.82) is 0 Å². The molecule has 0 aromatic carbocycles. The highest BCUT2D eigenvalue weighted by Crippen LogP contribution is 2.13. The van der Waals surface area contributed by atoms with Gasteiger partial charge in [-0.2, -0.15) is 0 Å². The van der Waals surface area contributed by atoms with Crippen molar-refractivity contribution in [3.8, 4) is 0 Å². The lowest BCUT2D eigenvalue weighted by Gasteiger charge is -2.06. The Morgan fingerprint density at radius 1 is 1.50 bits per heavy atom. The summed E-state index contributed by atoms with van der Waals surface area (Å²) in [7, 11) is 0. The van der Waals surface area contributed by atoms with Crippen molar-refractivity contribution < 1.29 is 0 Å². The minimum atomic E-state index is 0.694. The van der Waals surface area contributed by atoms with Gasteiger partial charge in [0.1, 0.15) is 0 Å². The predicted molar refractivity (Wildman–Crippen MR) is 47.8 cm³/mol. The zero-order chi connectivity index (χ0) is 7.98. The Bertz CT molecular complexity index is 82.0. The van der Waals surface area contributed by atoms with E-state index in [0.717, 1.165) is 0 Å². The average molecular weight is 139 g/mol. The van der Waals surface area contributed by atoms with Crippen LogP contribution >= 0.6 is 0 Å². The van der Waals surface area contributed by atoms with Gasteiger partial charge < -0.3 is 0 Å². The van der Waals surface area contributed by atoms with Gasteiger partial charge in [0.15, 0.2) is 0 Å². The lowest BCUT2D eigenvalue weighted by molar-refractivity contribution is 0.588. The molecule has 0 aliphatic heterocycles. The number of rotatable bonds is 5. The van der Waals surface area contributed by atoms with Crippen molar-refractivity contribution in [2.24, 2.45) is 5.92 Å². The van der Waals surface area contributed by atoms with Crippen LogP contribution < -0.4 is 0 Å². The molecule has 0 amide bonds. The SMILES string of the molecule is C=CC(C)CCC[C](C)C. The molecule has 1 unspecified atom stereocenters. The number of hydrogen-bond acceptors (Lipinski definition) is 0. The van der Waals surface area contributed by atoms with Crippen molar-refractivity contribution in [2.75, 3.05) is 0 Å². The van der Waals surface area contributed by atoms with E-state index in [2.05, 4.69) is 27.4 Å². The lowest BCUT2D eigenvalue weighted by Crippen LogP contribution is -1.91. The van der Waals surface area contributed by atoms with Gasteiger partial charge in [-0.15, -0.1) is 6.58 Å². The Hall–Kier alpha value is -0.260. The zero-order valence-electron chi connectivity index (χ0n) is 7.48. The van der Waals surface area contributed by atoms with E-state index in [-0.39, 0.29) is 0 Å². The normalized spacial score (nSPS) is 13.6. The van der Waals surface area contributed by atoms with E-state index in [4.69, 9.17) is 0 Å². The molecule has 0 aliphatic rings. The molecule has 0 saturated carbocycles. The summed E-state index contributed by atoms with van der Waals surface area (Å²) in [5.74, 6) is 2.23. The monoisotopic (exact) mass is 139 g/mol. The Kier molecular flexibility index (Phi) is 5.38. The highest BCUT2D eigenvalue weighted by atomic mass is 14.0. The summed E-state index contributed by atoms with van der Waals surface area (Å²) >= 11 is 0. The van der Waals surface area contributed by atoms with Crippen LogP contribution in [0, 0.1) is 11.8 Å². The fraction of sp³-hybridized carbons (Fsp3) is 0.700. The lowest BCUT2D eigenvalue weighted by atomic mass is 10.00. The fourth-order valence-electron chi connectivity index (χ4n) is 0.895. The molecule has 0 heteroatoms. The van der Waals surface area contributed by atoms with Crippen molar-refractivity contribution in [3.63, 3.8) is 0 Å². The van der Waals surface area contributed by atoms with Crippen molar-refractivity contribution in [1.82, 2.24) is 0 Å². The highest BCUT2D eigenvalue weighted by molar-refractivity contribution is 4.79. The average Bonchev–Trinajstić information content (AvgIpc) is 1.87. The second kappa shape index (κ2) is 5.52. The smallest absolute Gasteiger partial charge is 0.0265 e. The summed E-state index contributed by atoms with van der Waals surface area (Å²) in [5, 5.41) is 0. The highest BCUT2D eigenvalue weighted by Gasteiger charge is 1.97. The molecule has 0 aromatic rings. The van der Waals surface area contributed by atoms with Crippen LogP contribution in [0.3, 0.4) is 0 Å². The summed E-state index contributed by atoms with van der Waals surface area (Å²) in [6.07, 6.45) is 5.91. The molecule has 0 heterocycles. The van der Waals surface area contributed by atoms with Gasteiger partial charge >= 0.3 is 0 Å². The topological polar surface area (TPSA) is 0 Å². The van der Waals surface area contributed by atoms with Gasteiger partial charge in [0.25, 0.3) is 0 Å². The number of allylic oxidation sites excluding steroid dienone is 1. The molecule has 0 spiro atoms. The molecule has 0 rings (SSSR count). The Morgan fingerprint density at radius 2 is 2.10 bits per heavy atom. The molecule has 0 nitrogen and oxygen atoms in total. The third-order valence-electron chi connectivity index (χ3n) is 1.74. The summed E-state index contributed by atoms with van der Waals surface area (Å²) in [5.41, 5.74) is 0. The maximum Gasteiger partial charge on any atom is -0.0265 e. The van der Waals surface area contributed by atoms with E-state index >= 15 is 0 Å². The first-order valence-electron chi connectivity index (χ1n) is 4.08. The third-order valence-corrected chi connectivity index (χ3v) is 1.74. The van der Waals surface area contributed by atoms with E-state index in [1.807, 2.05) is 6.08 Å². The molecule has 0 bridgehead atoms. The van der Waals surface area contributed by atoms with Crippen LogP contribution in [-0.2, 0) is 0 Å². The van der Waals surface area contributed by atoms with Gasteiger partial charge in [0.05, 0.1) is 0 Å². The molecule has 0 aliphatic carbocycles. The quantitative estimate of drug-likeness (QED) is 0.510. The Balaban J connectivity index is 3.11. The second-order valence-electron chi connectivity index (χ2n) is 3.31. The van der Waals surface area contributed by atoms with Crippen LogP contribution in [0.25, 0.3) is 0 Å². The maximum absolute atomic E-state index is 3.75. The molecule has 0 N–H and O–H groups in total. The first kappa shape index (κ1) is 9.74. The van der Waals surface area contributed by atoms with Crippen LogP contribution in [0.5, 0.6) is 0 Å². The van der Waals surface area contributed by atoms with E-state index < -0.39 is 0 Å². The Labute approximate surface area is 65.3 Å². The van der Waals surface area contributed by atoms with E-state index in [9.17, 15) is 0 Å². The third kappa shape index (κ3) is 5.87. The molecule has 0 saturated heterocycles. The van der Waals surface area contributed by atoms with E-state index in [0.29, 0.717) is 5.92 Å². The van der Waals surface area contributed by atoms with Gasteiger partial charge in [-0.25, -0.2) is 0 Å². The summed E-state index contributed by atoms with van der Waals surface area (Å²) in [6.45, 7) is 10.4. The largest absolute Gasteiger partial charge is 0.103 e. The second-order valence-corrected chi connectivity index (χ2v) is 3.31. The van der Waals surface area contributed by atoms with Gasteiger partial charge in [0.2, 0.25) is 0 Å². The molecular weight excluding hydrogens is 120 g/mol. The molecule has 10 heavy (non-hydrogen) atoms. The summed E-state index contributed by atoms with van der Waals surface area (Å²) in [4.78, 5) is 0. The van der Waals surface area contributed by atoms with Crippen LogP contribution in [-0.4, -0.2) is 0 Å². The van der Waals surface area contributed by atoms with Crippen LogP contribution in [0.1, 0.15) is 40.0 Å². The minimum absolute atomic E-state index is 0.694. The van der Waals surface area contributed by atoms with Gasteiger partial charge in [0, 0.05) is 0 Å². The predicted octanol–water partition coefficient (Wildman–Crippen LogP) is 3.59. The molecule has 59 valence electrons. The first-order valence-corrected chi connectivity index (χ1v) is 4.08. The molecule has 1 radical (unpaired) electrons. The molecule has 0 aromatic heterocycles. The minimum Gasteiger partial charge on any atom is -0.103 e. The van der Waals surface area contributed by atoms with E-state index in [1.54, 1.807) is 0 Å². The first-order chi connectivity index (χ1) is 4.66. The van der Waals surface area contributed by atoms with Gasteiger partial charge in [-0.1, -0.05) is 33.3 Å². The van der Waals surface area contributed by atoms with Gasteiger partial charge in [-0.05, 0) is 24.7 Å². The summed E-state index contributed by atoms with van der Waals surface area (Å²) < 4.78 is 0. The maximum atomic E-state index is 3.75. The van der Waals surface area contributed by atoms with Crippen LogP contribution in [0.2, 0.25) is 0 Å². The van der Waals surface area contributed by atoms with Crippen molar-refractivity contribution in [3.05, 3.63) is 18.6 Å². The summed E-state index contributed by atoms with van der Waals surface area (Å²) in [6, 6.07) is 0. The van der Waals surface area contributed by atoms with Crippen LogP contribution in [0.4, 0.5) is 0 Å². The van der Waals surface area contributed by atoms with Crippen LogP contribution in [0.15, 0.2) is 12.7 Å². The molecule has 1 atom stereocenters. The molecular formula is C10H19. The number of hydrogen-bond donors (Lipinski definition) is 0. The van der Waals surface area contributed by atoms with E-state index in [1.165, 1.54) is 25.2 Å². The Morgan fingerprint density at radius 3 is 2.50 bits per heavy atom. The fourth-order valence-corrected chi connectivity index (χ4v) is 0.895. The van der Waals surface area contributed by atoms with Crippen molar-refractivity contribution in [2.45, 2.75) is 40.0 Å². The molecule has 0 fully saturated rings. The van der Waals surface area contributed by atoms with Crippen molar-refractivity contribution >= 4 is 0 Å². The zero-order valence-corrected chi connectivity index (χ0v) is 7.48. The van der Waals surface area contributed by atoms with Gasteiger partial charge in [-0.3, -0.25) is 0 Å². The standard InChI is InChI=1S/C10H19/c1-5-10(4)8-6-7-9(2)3/h5,10H,1,6-8H2,2-4H3.